The molecule has 1 fully saturated rings. The predicted octanol–water partition coefficient (Wildman–Crippen LogP) is 2.49. The number of piperidine rings is 1. The third kappa shape index (κ3) is 7.87. The van der Waals surface area contributed by atoms with Crippen LogP contribution in [0.1, 0.15) is 37.7 Å². The van der Waals surface area contributed by atoms with Crippen LogP contribution in [0.15, 0.2) is 30.3 Å². The average Bonchev–Trinajstić information content (AvgIpc) is 2.62. The van der Waals surface area contributed by atoms with Crippen molar-refractivity contribution in [1.82, 2.24) is 15.5 Å². The molecule has 0 spiro atoms. The van der Waals surface area contributed by atoms with Gasteiger partial charge in [0.05, 0.1) is 0 Å². The molecule has 26 heavy (non-hydrogen) atoms. The normalized spacial score (nSPS) is 16.8. The fourth-order valence-electron chi connectivity index (χ4n) is 3.40. The number of carboxylic acid groups (broad SMARTS) is 1. The van der Waals surface area contributed by atoms with Crippen LogP contribution in [0.25, 0.3) is 0 Å². The number of urea groups is 1. The van der Waals surface area contributed by atoms with E-state index in [1.165, 1.54) is 12.8 Å². The van der Waals surface area contributed by atoms with Crippen molar-refractivity contribution in [2.45, 2.75) is 44.6 Å². The maximum atomic E-state index is 12.2. The maximum absolute atomic E-state index is 12.2. The summed E-state index contributed by atoms with van der Waals surface area (Å²) in [5.74, 6) is -0.161. The molecule has 1 saturated heterocycles. The second-order valence-electron chi connectivity index (χ2n) is 7.25. The molecule has 1 atom stereocenters. The molecule has 6 nitrogen and oxygen atoms in total. The number of nitrogens with one attached hydrogen (secondary N) is 2. The minimum absolute atomic E-state index is 0.0490. The van der Waals surface area contributed by atoms with Gasteiger partial charge in [0.1, 0.15) is 0 Å². The third-order valence-electron chi connectivity index (χ3n) is 5.04. The summed E-state index contributed by atoms with van der Waals surface area (Å²) in [5, 5.41) is 14.8. The van der Waals surface area contributed by atoms with Gasteiger partial charge in [0.15, 0.2) is 0 Å². The summed E-state index contributed by atoms with van der Waals surface area (Å²) < 4.78 is 0. The Labute approximate surface area is 156 Å². The van der Waals surface area contributed by atoms with Gasteiger partial charge in [-0.3, -0.25) is 4.79 Å². The van der Waals surface area contributed by atoms with E-state index in [9.17, 15) is 9.59 Å². The molecule has 1 aliphatic heterocycles. The van der Waals surface area contributed by atoms with Gasteiger partial charge in [0.25, 0.3) is 0 Å². The summed E-state index contributed by atoms with van der Waals surface area (Å²) in [7, 11) is 2.14. The smallest absolute Gasteiger partial charge is 0.315 e. The molecule has 144 valence electrons. The molecule has 3 N–H and O–H groups in total. The number of carbonyl (C=O) groups excluding carboxylic acids is 1. The number of benzene rings is 1. The molecule has 0 radical (unpaired) electrons. The van der Waals surface area contributed by atoms with Gasteiger partial charge in [-0.05, 0) is 63.7 Å². The fraction of sp³-hybridized carbons (Fsp3) is 0.600. The van der Waals surface area contributed by atoms with Crippen molar-refractivity contribution >= 4 is 12.0 Å². The highest BCUT2D eigenvalue weighted by molar-refractivity contribution is 5.74. The molecule has 0 saturated carbocycles. The number of hydrogen-bond donors (Lipinski definition) is 3. The third-order valence-corrected chi connectivity index (χ3v) is 5.04. The van der Waals surface area contributed by atoms with E-state index in [4.69, 9.17) is 5.11 Å². The van der Waals surface area contributed by atoms with E-state index < -0.39 is 5.97 Å². The second-order valence-corrected chi connectivity index (χ2v) is 7.25. The Hall–Kier alpha value is -2.08. The number of nitrogens with zero attached hydrogens (tertiary/aromatic N) is 1. The summed E-state index contributed by atoms with van der Waals surface area (Å²) in [6, 6.07) is 9.44. The van der Waals surface area contributed by atoms with Gasteiger partial charge < -0.3 is 20.6 Å². The lowest BCUT2D eigenvalue weighted by atomic mass is 9.94. The van der Waals surface area contributed by atoms with Gasteiger partial charge in [-0.1, -0.05) is 30.3 Å². The van der Waals surface area contributed by atoms with E-state index in [1.807, 2.05) is 30.3 Å². The maximum Gasteiger partial charge on any atom is 0.315 e. The monoisotopic (exact) mass is 361 g/mol. The fourth-order valence-corrected chi connectivity index (χ4v) is 3.40. The quantitative estimate of drug-likeness (QED) is 0.631. The number of carboxylic acids is 1. The molecule has 1 aromatic carbocycles. The van der Waals surface area contributed by atoms with Gasteiger partial charge in [0.2, 0.25) is 0 Å². The van der Waals surface area contributed by atoms with Crippen molar-refractivity contribution in [3.8, 4) is 0 Å². The molecule has 1 aliphatic rings. The predicted molar refractivity (Wildman–Crippen MR) is 102 cm³/mol. The molecule has 0 bridgehead atoms. The first-order chi connectivity index (χ1) is 12.5. The molecule has 2 rings (SSSR count). The van der Waals surface area contributed by atoms with Crippen molar-refractivity contribution in [1.29, 1.82) is 0 Å². The van der Waals surface area contributed by atoms with Crippen molar-refractivity contribution < 1.29 is 14.7 Å². The van der Waals surface area contributed by atoms with E-state index in [0.29, 0.717) is 25.3 Å². The molecule has 6 heteroatoms. The van der Waals surface area contributed by atoms with E-state index in [0.717, 1.165) is 25.1 Å². The largest absolute Gasteiger partial charge is 0.481 e. The summed E-state index contributed by atoms with van der Waals surface area (Å²) in [4.78, 5) is 25.4. The molecule has 2 amide bonds. The zero-order valence-electron chi connectivity index (χ0n) is 15.6. The van der Waals surface area contributed by atoms with Crippen molar-refractivity contribution in [3.05, 3.63) is 35.9 Å². The Bertz CT molecular complexity index is 557. The first-order valence-electron chi connectivity index (χ1n) is 9.51. The lowest BCUT2D eigenvalue weighted by Crippen LogP contribution is -2.44. The van der Waals surface area contributed by atoms with E-state index in [2.05, 4.69) is 22.6 Å². The Morgan fingerprint density at radius 3 is 2.58 bits per heavy atom. The van der Waals surface area contributed by atoms with Crippen LogP contribution in [0.3, 0.4) is 0 Å². The van der Waals surface area contributed by atoms with Crippen LogP contribution < -0.4 is 10.6 Å². The second kappa shape index (κ2) is 10.8. The van der Waals surface area contributed by atoms with Crippen LogP contribution in [0.5, 0.6) is 0 Å². The van der Waals surface area contributed by atoms with Crippen molar-refractivity contribution in [3.63, 3.8) is 0 Å². The highest BCUT2D eigenvalue weighted by atomic mass is 16.4. The molecule has 0 aliphatic carbocycles. The van der Waals surface area contributed by atoms with Gasteiger partial charge in [-0.15, -0.1) is 0 Å². The van der Waals surface area contributed by atoms with Gasteiger partial charge in [-0.2, -0.15) is 0 Å². The standard InChI is InChI=1S/C20H31N3O3/c1-23-13-10-16(11-14-23)9-12-21-20(26)22-18(7-8-19(24)25)15-17-5-3-2-4-6-17/h2-6,16,18H,7-15H2,1H3,(H,24,25)(H2,21,22,26). The Morgan fingerprint density at radius 1 is 1.23 bits per heavy atom. The van der Waals surface area contributed by atoms with E-state index >= 15 is 0 Å². The van der Waals surface area contributed by atoms with Crippen LogP contribution in [0.2, 0.25) is 0 Å². The number of rotatable bonds is 9. The van der Waals surface area contributed by atoms with Crippen LogP contribution in [-0.4, -0.2) is 54.7 Å². The molecule has 1 unspecified atom stereocenters. The molecule has 1 heterocycles. The number of likely N-dealkylation sites (tertiary alicyclic amines) is 1. The number of carbonyl (C=O) groups is 2. The Morgan fingerprint density at radius 2 is 1.92 bits per heavy atom. The SMILES string of the molecule is CN1CCC(CCNC(=O)NC(CCC(=O)O)Cc2ccccc2)CC1. The van der Waals surface area contributed by atoms with Crippen molar-refractivity contribution in [2.24, 2.45) is 5.92 Å². The number of aliphatic carboxylic acids is 1. The average molecular weight is 361 g/mol. The first kappa shape index (κ1) is 20.2. The van der Waals surface area contributed by atoms with Crippen molar-refractivity contribution in [2.75, 3.05) is 26.7 Å². The Kier molecular flexibility index (Phi) is 8.41. The summed E-state index contributed by atoms with van der Waals surface area (Å²) in [6.07, 6.45) is 4.49. The number of hydrogen-bond acceptors (Lipinski definition) is 3. The molecule has 0 aromatic heterocycles. The minimum Gasteiger partial charge on any atom is -0.481 e. The van der Waals surface area contributed by atoms with Crippen LogP contribution in [-0.2, 0) is 11.2 Å². The zero-order chi connectivity index (χ0) is 18.8. The Balaban J connectivity index is 1.74. The van der Waals surface area contributed by atoms with Gasteiger partial charge in [-0.25, -0.2) is 4.79 Å². The van der Waals surface area contributed by atoms with Gasteiger partial charge >= 0.3 is 12.0 Å². The van der Waals surface area contributed by atoms with E-state index in [1.54, 1.807) is 0 Å². The summed E-state index contributed by atoms with van der Waals surface area (Å²) in [5.41, 5.74) is 1.09. The van der Waals surface area contributed by atoms with E-state index in [-0.39, 0.29) is 18.5 Å². The first-order valence-corrected chi connectivity index (χ1v) is 9.51. The lowest BCUT2D eigenvalue weighted by molar-refractivity contribution is -0.137. The summed E-state index contributed by atoms with van der Waals surface area (Å²) >= 11 is 0. The topological polar surface area (TPSA) is 81.7 Å². The highest BCUT2D eigenvalue weighted by Gasteiger charge is 2.18. The lowest BCUT2D eigenvalue weighted by Gasteiger charge is -2.29. The zero-order valence-corrected chi connectivity index (χ0v) is 15.6. The van der Waals surface area contributed by atoms with Crippen LogP contribution >= 0.6 is 0 Å². The molecule has 1 aromatic rings. The highest BCUT2D eigenvalue weighted by Crippen LogP contribution is 2.18. The summed E-state index contributed by atoms with van der Waals surface area (Å²) in [6.45, 7) is 2.92. The minimum atomic E-state index is -0.840. The van der Waals surface area contributed by atoms with Gasteiger partial charge in [0, 0.05) is 19.0 Å². The molecular weight excluding hydrogens is 330 g/mol. The van der Waals surface area contributed by atoms with Crippen LogP contribution in [0, 0.1) is 5.92 Å². The molecular formula is C20H31N3O3. The van der Waals surface area contributed by atoms with Crippen LogP contribution in [0.4, 0.5) is 4.79 Å². The number of amides is 2.